The molecule has 1 aromatic heterocycles. The average molecular weight is 395 g/mol. The van der Waals surface area contributed by atoms with E-state index in [1.807, 2.05) is 13.8 Å². The van der Waals surface area contributed by atoms with Crippen LogP contribution in [0, 0.1) is 5.92 Å². The van der Waals surface area contributed by atoms with Gasteiger partial charge in [-0.1, -0.05) is 31.5 Å². The molecule has 0 saturated heterocycles. The van der Waals surface area contributed by atoms with Gasteiger partial charge in [0, 0.05) is 7.11 Å². The van der Waals surface area contributed by atoms with Crippen LogP contribution in [-0.4, -0.2) is 38.2 Å². The van der Waals surface area contributed by atoms with Gasteiger partial charge in [0.25, 0.3) is 5.91 Å². The number of amides is 2. The molecular formula is C19H23ClN2O5. The fourth-order valence-electron chi connectivity index (χ4n) is 2.35. The van der Waals surface area contributed by atoms with Crippen molar-refractivity contribution in [1.29, 1.82) is 0 Å². The van der Waals surface area contributed by atoms with E-state index < -0.39 is 11.9 Å². The first-order chi connectivity index (χ1) is 12.9. The van der Waals surface area contributed by atoms with Crippen molar-refractivity contribution >= 4 is 29.1 Å². The second-order valence-corrected chi connectivity index (χ2v) is 6.53. The van der Waals surface area contributed by atoms with Crippen LogP contribution in [0.4, 0.5) is 5.69 Å². The average Bonchev–Trinajstić information content (AvgIpc) is 3.16. The molecule has 0 aliphatic carbocycles. The summed E-state index contributed by atoms with van der Waals surface area (Å²) in [4.78, 5) is 25.0. The summed E-state index contributed by atoms with van der Waals surface area (Å²) in [6.07, 6.45) is 1.40. The van der Waals surface area contributed by atoms with E-state index in [0.29, 0.717) is 23.1 Å². The fraction of sp³-hybridized carbons (Fsp3) is 0.368. The van der Waals surface area contributed by atoms with Gasteiger partial charge in [-0.05, 0) is 30.2 Å². The van der Waals surface area contributed by atoms with E-state index >= 15 is 0 Å². The summed E-state index contributed by atoms with van der Waals surface area (Å²) in [6, 6.07) is 7.41. The number of carbonyl (C=O) groups excluding carboxylic acids is 2. The first kappa shape index (κ1) is 20.8. The minimum atomic E-state index is -0.770. The molecule has 2 aromatic rings. The van der Waals surface area contributed by atoms with Crippen molar-refractivity contribution in [1.82, 2.24) is 5.32 Å². The van der Waals surface area contributed by atoms with Crippen LogP contribution in [0.3, 0.4) is 0 Å². The smallest absolute Gasteiger partial charge is 0.287 e. The van der Waals surface area contributed by atoms with Gasteiger partial charge >= 0.3 is 0 Å². The summed E-state index contributed by atoms with van der Waals surface area (Å²) in [5.41, 5.74) is 0.418. The van der Waals surface area contributed by atoms with Crippen LogP contribution in [0.15, 0.2) is 41.0 Å². The number of para-hydroxylation sites is 1. The number of carbonyl (C=O) groups is 2. The zero-order valence-electron chi connectivity index (χ0n) is 15.5. The summed E-state index contributed by atoms with van der Waals surface area (Å²) < 4.78 is 15.6. The molecule has 0 bridgehead atoms. The maximum Gasteiger partial charge on any atom is 0.287 e. The third-order valence-electron chi connectivity index (χ3n) is 3.74. The second kappa shape index (κ2) is 9.99. The molecule has 1 aromatic carbocycles. The molecule has 0 saturated carbocycles. The van der Waals surface area contributed by atoms with Gasteiger partial charge in [-0.15, -0.1) is 0 Å². The van der Waals surface area contributed by atoms with E-state index in [2.05, 4.69) is 10.6 Å². The lowest BCUT2D eigenvalue weighted by Crippen LogP contribution is -2.47. The van der Waals surface area contributed by atoms with Gasteiger partial charge in [-0.25, -0.2) is 0 Å². The number of rotatable bonds is 9. The van der Waals surface area contributed by atoms with E-state index in [-0.39, 0.29) is 24.2 Å². The van der Waals surface area contributed by atoms with Gasteiger partial charge in [0.1, 0.15) is 12.6 Å². The first-order valence-electron chi connectivity index (χ1n) is 8.49. The molecule has 2 amide bonds. The van der Waals surface area contributed by atoms with E-state index in [9.17, 15) is 9.59 Å². The predicted molar refractivity (Wildman–Crippen MR) is 102 cm³/mol. The Balaban J connectivity index is 2.13. The van der Waals surface area contributed by atoms with E-state index in [0.717, 1.165) is 0 Å². The van der Waals surface area contributed by atoms with Crippen molar-refractivity contribution in [3.8, 4) is 5.75 Å². The van der Waals surface area contributed by atoms with Crippen molar-refractivity contribution in [2.24, 2.45) is 5.92 Å². The highest BCUT2D eigenvalue weighted by Gasteiger charge is 2.26. The topological polar surface area (TPSA) is 89.8 Å². The lowest BCUT2D eigenvalue weighted by molar-refractivity contribution is -0.118. The number of furan rings is 1. The van der Waals surface area contributed by atoms with Crippen molar-refractivity contribution in [2.45, 2.75) is 19.9 Å². The molecule has 1 unspecified atom stereocenters. The number of anilines is 1. The molecule has 0 aliphatic heterocycles. The third-order valence-corrected chi connectivity index (χ3v) is 4.04. The highest BCUT2D eigenvalue weighted by atomic mass is 35.5. The Hall–Kier alpha value is -2.51. The molecular weight excluding hydrogens is 372 g/mol. The largest absolute Gasteiger partial charge is 0.487 e. The molecule has 1 heterocycles. The first-order valence-corrected chi connectivity index (χ1v) is 8.87. The summed E-state index contributed by atoms with van der Waals surface area (Å²) in [7, 11) is 1.56. The maximum absolute atomic E-state index is 12.8. The van der Waals surface area contributed by atoms with Gasteiger partial charge in [-0.3, -0.25) is 9.59 Å². The quantitative estimate of drug-likeness (QED) is 0.636. The Morgan fingerprint density at radius 2 is 1.96 bits per heavy atom. The summed E-state index contributed by atoms with van der Waals surface area (Å²) in [5, 5.41) is 5.83. The highest BCUT2D eigenvalue weighted by Crippen LogP contribution is 2.33. The van der Waals surface area contributed by atoms with Crippen LogP contribution in [0.1, 0.15) is 24.4 Å². The van der Waals surface area contributed by atoms with Crippen LogP contribution in [0.2, 0.25) is 5.02 Å². The number of ether oxygens (including phenoxy) is 2. The number of hydrogen-bond donors (Lipinski definition) is 2. The highest BCUT2D eigenvalue weighted by molar-refractivity contribution is 6.32. The van der Waals surface area contributed by atoms with Crippen LogP contribution >= 0.6 is 11.6 Å². The summed E-state index contributed by atoms with van der Waals surface area (Å²) in [5.74, 6) is -0.509. The van der Waals surface area contributed by atoms with Gasteiger partial charge < -0.3 is 24.5 Å². The number of hydrogen-bond acceptors (Lipinski definition) is 5. The molecule has 2 N–H and O–H groups in total. The number of benzene rings is 1. The van der Waals surface area contributed by atoms with Gasteiger partial charge in [-0.2, -0.15) is 0 Å². The van der Waals surface area contributed by atoms with E-state index in [4.69, 9.17) is 25.5 Å². The fourth-order valence-corrected chi connectivity index (χ4v) is 2.58. The van der Waals surface area contributed by atoms with Gasteiger partial charge in [0.2, 0.25) is 5.91 Å². The van der Waals surface area contributed by atoms with Crippen molar-refractivity contribution < 1.29 is 23.5 Å². The molecule has 0 spiro atoms. The zero-order valence-corrected chi connectivity index (χ0v) is 16.2. The minimum absolute atomic E-state index is 0.139. The Bertz CT molecular complexity index is 761. The Morgan fingerprint density at radius 1 is 1.19 bits per heavy atom. The zero-order chi connectivity index (χ0) is 19.8. The normalized spacial score (nSPS) is 11.9. The Morgan fingerprint density at radius 3 is 2.59 bits per heavy atom. The SMILES string of the molecule is COCCOc1c(Cl)cccc1NC(=O)C(NC(=O)c1ccco1)C(C)C. The van der Waals surface area contributed by atoms with Crippen molar-refractivity contribution in [3.05, 3.63) is 47.4 Å². The van der Waals surface area contributed by atoms with E-state index in [1.54, 1.807) is 31.4 Å². The van der Waals surface area contributed by atoms with Gasteiger partial charge in [0.15, 0.2) is 11.5 Å². The summed E-state index contributed by atoms with van der Waals surface area (Å²) in [6.45, 7) is 4.33. The molecule has 1 atom stereocenters. The van der Waals surface area contributed by atoms with Crippen LogP contribution < -0.4 is 15.4 Å². The number of nitrogens with one attached hydrogen (secondary N) is 2. The number of methoxy groups -OCH3 is 1. The van der Waals surface area contributed by atoms with Crippen LogP contribution in [0.25, 0.3) is 0 Å². The molecule has 146 valence electrons. The molecule has 27 heavy (non-hydrogen) atoms. The Kier molecular flexibility index (Phi) is 7.69. The molecule has 7 nitrogen and oxygen atoms in total. The summed E-state index contributed by atoms with van der Waals surface area (Å²) >= 11 is 6.19. The Labute approximate surface area is 163 Å². The van der Waals surface area contributed by atoms with Gasteiger partial charge in [0.05, 0.1) is 23.6 Å². The molecule has 8 heteroatoms. The lowest BCUT2D eigenvalue weighted by atomic mass is 10.0. The van der Waals surface area contributed by atoms with Crippen molar-refractivity contribution in [3.63, 3.8) is 0 Å². The second-order valence-electron chi connectivity index (χ2n) is 6.12. The molecule has 2 rings (SSSR count). The lowest BCUT2D eigenvalue weighted by Gasteiger charge is -2.22. The van der Waals surface area contributed by atoms with Crippen molar-refractivity contribution in [2.75, 3.05) is 25.6 Å². The molecule has 0 fully saturated rings. The van der Waals surface area contributed by atoms with Crippen LogP contribution in [0.5, 0.6) is 5.75 Å². The van der Waals surface area contributed by atoms with E-state index in [1.165, 1.54) is 12.3 Å². The third kappa shape index (κ3) is 5.74. The molecule has 0 radical (unpaired) electrons. The predicted octanol–water partition coefficient (Wildman–Crippen LogP) is 3.35. The van der Waals surface area contributed by atoms with Crippen LogP contribution in [-0.2, 0) is 9.53 Å². The standard InChI is InChI=1S/C19H23ClN2O5/c1-12(2)16(22-18(23)15-8-5-9-26-15)19(24)21-14-7-4-6-13(20)17(14)27-11-10-25-3/h4-9,12,16H,10-11H2,1-3H3,(H,21,24)(H,22,23). The molecule has 0 aliphatic rings. The minimum Gasteiger partial charge on any atom is -0.487 e. The maximum atomic E-state index is 12.8. The number of halogens is 1. The monoisotopic (exact) mass is 394 g/mol.